The molecular weight excluding hydrogens is 150 g/mol. The molecule has 0 aliphatic heterocycles. The van der Waals surface area contributed by atoms with Crippen molar-refractivity contribution in [3.05, 3.63) is 11.1 Å². The summed E-state index contributed by atoms with van der Waals surface area (Å²) in [6, 6.07) is 0. The maximum absolute atomic E-state index is 7.27. The zero-order valence-electron chi connectivity index (χ0n) is 5.86. The fraction of sp³-hybridized carbons (Fsp3) is 0.571. The highest BCUT2D eigenvalue weighted by Gasteiger charge is 2.16. The summed E-state index contributed by atoms with van der Waals surface area (Å²) in [4.78, 5) is 0. The van der Waals surface area contributed by atoms with Gasteiger partial charge in [0.1, 0.15) is 0 Å². The van der Waals surface area contributed by atoms with E-state index in [1.165, 1.54) is 0 Å². The molecule has 0 aromatic carbocycles. The first-order valence-corrected chi connectivity index (χ1v) is 3.59. The highest BCUT2D eigenvalue weighted by Crippen LogP contribution is 2.21. The summed E-state index contributed by atoms with van der Waals surface area (Å²) in [6.07, 6.45) is 3.30. The van der Waals surface area contributed by atoms with Gasteiger partial charge in [0.05, 0.1) is 6.10 Å². The fourth-order valence-corrected chi connectivity index (χ4v) is 1.32. The van der Waals surface area contributed by atoms with E-state index in [0.717, 1.165) is 12.8 Å². The van der Waals surface area contributed by atoms with Gasteiger partial charge in [0.2, 0.25) is 0 Å². The van der Waals surface area contributed by atoms with Gasteiger partial charge in [0, 0.05) is 17.9 Å². The molecule has 0 saturated heterocycles. The lowest BCUT2D eigenvalue weighted by Gasteiger charge is -2.18. The average molecular weight is 160 g/mol. The second kappa shape index (κ2) is 3.17. The van der Waals surface area contributed by atoms with Crippen LogP contribution in [0.5, 0.6) is 0 Å². The van der Waals surface area contributed by atoms with E-state index in [2.05, 4.69) is 0 Å². The Labute approximate surface area is 65.3 Å². The van der Waals surface area contributed by atoms with Crippen LogP contribution in [0.2, 0.25) is 0 Å². The minimum atomic E-state index is 0.0239. The van der Waals surface area contributed by atoms with Gasteiger partial charge < -0.3 is 10.1 Å². The number of hydrogen-bond acceptors (Lipinski definition) is 2. The van der Waals surface area contributed by atoms with Crippen molar-refractivity contribution in [1.29, 1.82) is 5.41 Å². The van der Waals surface area contributed by atoms with Crippen molar-refractivity contribution >= 4 is 17.3 Å². The molecule has 0 fully saturated rings. The lowest BCUT2D eigenvalue weighted by atomic mass is 10.0. The number of allylic oxidation sites excluding steroid dienone is 1. The van der Waals surface area contributed by atoms with Gasteiger partial charge in [0.25, 0.3) is 0 Å². The van der Waals surface area contributed by atoms with E-state index in [4.69, 9.17) is 21.7 Å². The minimum Gasteiger partial charge on any atom is -0.376 e. The maximum Gasteiger partial charge on any atom is 0.0931 e. The summed E-state index contributed by atoms with van der Waals surface area (Å²) >= 11 is 5.77. The minimum absolute atomic E-state index is 0.0239. The van der Waals surface area contributed by atoms with Crippen LogP contribution in [-0.4, -0.2) is 18.9 Å². The third-order valence-electron chi connectivity index (χ3n) is 1.58. The van der Waals surface area contributed by atoms with Crippen LogP contribution >= 0.6 is 11.6 Å². The summed E-state index contributed by atoms with van der Waals surface area (Å²) in [5.41, 5.74) is 0.596. The van der Waals surface area contributed by atoms with Crippen LogP contribution in [0.25, 0.3) is 0 Å². The van der Waals surface area contributed by atoms with Crippen LogP contribution in [0, 0.1) is 5.41 Å². The predicted molar refractivity (Wildman–Crippen MR) is 41.7 cm³/mol. The first kappa shape index (κ1) is 7.76. The molecule has 1 aliphatic rings. The molecule has 0 radical (unpaired) electrons. The summed E-state index contributed by atoms with van der Waals surface area (Å²) in [6.45, 7) is 0. The Morgan fingerprint density at radius 2 is 2.50 bits per heavy atom. The molecule has 1 aliphatic carbocycles. The Morgan fingerprint density at radius 1 is 1.80 bits per heavy atom. The van der Waals surface area contributed by atoms with Crippen LogP contribution in [0.15, 0.2) is 11.1 Å². The van der Waals surface area contributed by atoms with Crippen LogP contribution in [-0.2, 0) is 4.74 Å². The van der Waals surface area contributed by atoms with E-state index in [-0.39, 0.29) is 6.10 Å². The van der Waals surface area contributed by atoms with Gasteiger partial charge in [-0.2, -0.15) is 0 Å². The number of hydrogen-bond donors (Lipinski definition) is 1. The fourth-order valence-electron chi connectivity index (χ4n) is 0.986. The Kier molecular flexibility index (Phi) is 2.46. The lowest BCUT2D eigenvalue weighted by molar-refractivity contribution is 0.130. The quantitative estimate of drug-likeness (QED) is 0.623. The number of nitrogens with one attached hydrogen (secondary N) is 1. The molecule has 0 aromatic heterocycles. The van der Waals surface area contributed by atoms with Crippen molar-refractivity contribution in [2.24, 2.45) is 0 Å². The van der Waals surface area contributed by atoms with E-state index in [0.29, 0.717) is 10.7 Å². The Morgan fingerprint density at radius 3 is 3.00 bits per heavy atom. The van der Waals surface area contributed by atoms with E-state index < -0.39 is 0 Å². The van der Waals surface area contributed by atoms with E-state index in [1.54, 1.807) is 13.2 Å². The summed E-state index contributed by atoms with van der Waals surface area (Å²) in [5, 5.41) is 7.92. The van der Waals surface area contributed by atoms with Crippen LogP contribution in [0.4, 0.5) is 0 Å². The third kappa shape index (κ3) is 1.58. The first-order chi connectivity index (χ1) is 4.74. The SMILES string of the molecule is COC1CCC(=N)C=C1Cl. The molecule has 0 bridgehead atoms. The van der Waals surface area contributed by atoms with Crippen molar-refractivity contribution in [3.63, 3.8) is 0 Å². The van der Waals surface area contributed by atoms with E-state index >= 15 is 0 Å². The zero-order valence-corrected chi connectivity index (χ0v) is 6.61. The zero-order chi connectivity index (χ0) is 7.56. The normalized spacial score (nSPS) is 26.4. The van der Waals surface area contributed by atoms with Gasteiger partial charge in [-0.15, -0.1) is 0 Å². The highest BCUT2D eigenvalue weighted by molar-refractivity contribution is 6.32. The van der Waals surface area contributed by atoms with Crippen molar-refractivity contribution < 1.29 is 4.74 Å². The van der Waals surface area contributed by atoms with Crippen LogP contribution in [0.3, 0.4) is 0 Å². The molecule has 0 aromatic rings. The Bertz CT molecular complexity index is 176. The number of methoxy groups -OCH3 is 1. The molecule has 56 valence electrons. The molecule has 1 rings (SSSR count). The monoisotopic (exact) mass is 159 g/mol. The molecule has 0 spiro atoms. The van der Waals surface area contributed by atoms with Crippen molar-refractivity contribution in [2.75, 3.05) is 7.11 Å². The first-order valence-electron chi connectivity index (χ1n) is 3.21. The summed E-state index contributed by atoms with van der Waals surface area (Å²) in [5.74, 6) is 0. The standard InChI is InChI=1S/C7H10ClNO/c1-10-7-3-2-5(9)4-6(7)8/h4,7,9H,2-3H2,1H3. The van der Waals surface area contributed by atoms with E-state index in [1.807, 2.05) is 0 Å². The molecule has 3 heteroatoms. The summed E-state index contributed by atoms with van der Waals surface area (Å²) in [7, 11) is 1.63. The molecule has 0 heterocycles. The van der Waals surface area contributed by atoms with Gasteiger partial charge in [-0.05, 0) is 18.9 Å². The topological polar surface area (TPSA) is 33.1 Å². The molecule has 1 unspecified atom stereocenters. The van der Waals surface area contributed by atoms with Gasteiger partial charge in [-0.1, -0.05) is 11.6 Å². The van der Waals surface area contributed by atoms with Gasteiger partial charge in [0.15, 0.2) is 0 Å². The van der Waals surface area contributed by atoms with Crippen molar-refractivity contribution in [1.82, 2.24) is 0 Å². The number of ether oxygens (including phenoxy) is 1. The average Bonchev–Trinajstić information content (AvgIpc) is 1.88. The summed E-state index contributed by atoms with van der Waals surface area (Å²) < 4.78 is 5.05. The highest BCUT2D eigenvalue weighted by atomic mass is 35.5. The molecule has 0 saturated carbocycles. The van der Waals surface area contributed by atoms with Gasteiger partial charge in [-0.3, -0.25) is 0 Å². The lowest BCUT2D eigenvalue weighted by Crippen LogP contribution is -2.17. The largest absolute Gasteiger partial charge is 0.376 e. The Balaban J connectivity index is 2.67. The second-order valence-corrected chi connectivity index (χ2v) is 2.75. The van der Waals surface area contributed by atoms with Crippen LogP contribution in [0.1, 0.15) is 12.8 Å². The molecule has 2 nitrogen and oxygen atoms in total. The van der Waals surface area contributed by atoms with Crippen LogP contribution < -0.4 is 0 Å². The predicted octanol–water partition coefficient (Wildman–Crippen LogP) is 1.94. The number of halogens is 1. The molecule has 1 N–H and O–H groups in total. The Hall–Kier alpha value is -0.340. The molecule has 10 heavy (non-hydrogen) atoms. The molecule has 1 atom stereocenters. The maximum atomic E-state index is 7.27. The molecular formula is C7H10ClNO. The molecule has 0 amide bonds. The number of rotatable bonds is 1. The van der Waals surface area contributed by atoms with E-state index in [9.17, 15) is 0 Å². The van der Waals surface area contributed by atoms with Gasteiger partial charge in [-0.25, -0.2) is 0 Å². The smallest absolute Gasteiger partial charge is 0.0931 e. The third-order valence-corrected chi connectivity index (χ3v) is 1.93. The van der Waals surface area contributed by atoms with Crippen molar-refractivity contribution in [3.8, 4) is 0 Å². The van der Waals surface area contributed by atoms with Gasteiger partial charge >= 0.3 is 0 Å². The van der Waals surface area contributed by atoms with Crippen molar-refractivity contribution in [2.45, 2.75) is 18.9 Å². The second-order valence-electron chi connectivity index (χ2n) is 2.32.